The minimum absolute atomic E-state index is 0.248. The van der Waals surface area contributed by atoms with Gasteiger partial charge in [-0.1, -0.05) is 18.7 Å². The molecule has 2 rings (SSSR count). The Kier molecular flexibility index (Phi) is 3.15. The molecule has 16 heavy (non-hydrogen) atoms. The number of hydrogen-bond donors (Lipinski definition) is 0. The highest BCUT2D eigenvalue weighted by Gasteiger charge is 2.24. The van der Waals surface area contributed by atoms with Crippen LogP contribution < -0.4 is 9.47 Å². The molecule has 0 bridgehead atoms. The number of para-hydroxylation sites is 1. The second-order valence-corrected chi connectivity index (χ2v) is 3.88. The Morgan fingerprint density at radius 1 is 1.56 bits per heavy atom. The molecule has 0 amide bonds. The first-order chi connectivity index (χ1) is 7.72. The predicted octanol–water partition coefficient (Wildman–Crippen LogP) is 2.51. The predicted molar refractivity (Wildman–Crippen MR) is 62.9 cm³/mol. The van der Waals surface area contributed by atoms with Crippen molar-refractivity contribution in [2.24, 2.45) is 0 Å². The lowest BCUT2D eigenvalue weighted by Gasteiger charge is -2.13. The molecular formula is C13H16O3. The lowest BCUT2D eigenvalue weighted by molar-refractivity contribution is 0.252. The number of hydrogen-bond acceptors (Lipinski definition) is 3. The van der Waals surface area contributed by atoms with Crippen LogP contribution in [0.25, 0.3) is 5.57 Å². The van der Waals surface area contributed by atoms with E-state index in [2.05, 4.69) is 6.58 Å². The van der Waals surface area contributed by atoms with Gasteiger partial charge in [0, 0.05) is 5.56 Å². The molecule has 3 nitrogen and oxygen atoms in total. The van der Waals surface area contributed by atoms with Gasteiger partial charge in [0.15, 0.2) is 11.5 Å². The number of ether oxygens (including phenoxy) is 3. The molecule has 86 valence electrons. The molecule has 1 aromatic carbocycles. The van der Waals surface area contributed by atoms with E-state index in [0.29, 0.717) is 6.61 Å². The van der Waals surface area contributed by atoms with Crippen molar-refractivity contribution in [1.82, 2.24) is 0 Å². The molecule has 1 atom stereocenters. The number of rotatable bonds is 5. The summed E-state index contributed by atoms with van der Waals surface area (Å²) in [5.41, 5.74) is 1.95. The molecule has 1 aliphatic rings. The average Bonchev–Trinajstić information content (AvgIpc) is 3.09. The number of methoxy groups -OCH3 is 1. The van der Waals surface area contributed by atoms with Crippen LogP contribution >= 0.6 is 0 Å². The third-order valence-corrected chi connectivity index (χ3v) is 2.47. The molecular weight excluding hydrogens is 204 g/mol. The summed E-state index contributed by atoms with van der Waals surface area (Å²) < 4.78 is 16.1. The van der Waals surface area contributed by atoms with Crippen LogP contribution in [0.15, 0.2) is 24.8 Å². The summed E-state index contributed by atoms with van der Waals surface area (Å²) in [7, 11) is 1.64. The van der Waals surface area contributed by atoms with Crippen molar-refractivity contribution in [3.63, 3.8) is 0 Å². The third kappa shape index (κ3) is 2.36. The van der Waals surface area contributed by atoms with E-state index in [1.54, 1.807) is 7.11 Å². The molecule has 1 fully saturated rings. The first-order valence-electron chi connectivity index (χ1n) is 5.29. The molecule has 3 heteroatoms. The van der Waals surface area contributed by atoms with E-state index in [1.807, 2.05) is 25.1 Å². The largest absolute Gasteiger partial charge is 0.492 e. The summed E-state index contributed by atoms with van der Waals surface area (Å²) >= 11 is 0. The van der Waals surface area contributed by atoms with Gasteiger partial charge in [0.25, 0.3) is 0 Å². The van der Waals surface area contributed by atoms with E-state index in [0.717, 1.165) is 29.2 Å². The number of allylic oxidation sites excluding steroid dienone is 1. The summed E-state index contributed by atoms with van der Waals surface area (Å²) in [5, 5.41) is 0. The molecule has 0 N–H and O–H groups in total. The van der Waals surface area contributed by atoms with Crippen molar-refractivity contribution in [3.8, 4) is 11.5 Å². The lowest BCUT2D eigenvalue weighted by atomic mass is 10.1. The van der Waals surface area contributed by atoms with Gasteiger partial charge in [0.2, 0.25) is 0 Å². The molecule has 0 aromatic heterocycles. The Morgan fingerprint density at radius 3 is 2.88 bits per heavy atom. The third-order valence-electron chi connectivity index (χ3n) is 2.47. The van der Waals surface area contributed by atoms with Crippen molar-refractivity contribution >= 4 is 5.57 Å². The van der Waals surface area contributed by atoms with Crippen LogP contribution in [0.2, 0.25) is 0 Å². The van der Waals surface area contributed by atoms with Crippen LogP contribution in [0, 0.1) is 0 Å². The quantitative estimate of drug-likeness (QED) is 0.714. The fourth-order valence-electron chi connectivity index (χ4n) is 1.52. The van der Waals surface area contributed by atoms with Gasteiger partial charge < -0.3 is 14.2 Å². The Hall–Kier alpha value is -1.48. The van der Waals surface area contributed by atoms with Gasteiger partial charge in [0.1, 0.15) is 12.7 Å². The molecule has 0 saturated carbocycles. The van der Waals surface area contributed by atoms with Gasteiger partial charge in [-0.15, -0.1) is 0 Å². The Labute approximate surface area is 95.6 Å². The highest BCUT2D eigenvalue weighted by molar-refractivity contribution is 5.70. The van der Waals surface area contributed by atoms with Gasteiger partial charge in [-0.3, -0.25) is 0 Å². The van der Waals surface area contributed by atoms with E-state index in [1.165, 1.54) is 0 Å². The molecule has 1 unspecified atom stereocenters. The molecule has 1 saturated heterocycles. The smallest absolute Gasteiger partial charge is 0.168 e. The molecule has 1 aliphatic heterocycles. The van der Waals surface area contributed by atoms with Gasteiger partial charge in [-0.2, -0.15) is 0 Å². The number of epoxide rings is 1. The standard InChI is InChI=1S/C13H16O3/c1-9(2)11-5-4-6-12(13(11)14-3)16-8-10-7-15-10/h4-6,10H,1,7-8H2,2-3H3. The Morgan fingerprint density at radius 2 is 2.31 bits per heavy atom. The monoisotopic (exact) mass is 220 g/mol. The van der Waals surface area contributed by atoms with Crippen LogP contribution in [0.3, 0.4) is 0 Å². The van der Waals surface area contributed by atoms with E-state index in [-0.39, 0.29) is 6.10 Å². The van der Waals surface area contributed by atoms with Crippen molar-refractivity contribution in [3.05, 3.63) is 30.3 Å². The van der Waals surface area contributed by atoms with E-state index in [4.69, 9.17) is 14.2 Å². The lowest BCUT2D eigenvalue weighted by Crippen LogP contribution is -2.05. The fourth-order valence-corrected chi connectivity index (χ4v) is 1.52. The summed E-state index contributed by atoms with van der Waals surface area (Å²) in [6.45, 7) is 7.25. The van der Waals surface area contributed by atoms with Crippen LogP contribution in [-0.2, 0) is 4.74 Å². The zero-order chi connectivity index (χ0) is 11.5. The van der Waals surface area contributed by atoms with Gasteiger partial charge >= 0.3 is 0 Å². The summed E-state index contributed by atoms with van der Waals surface area (Å²) in [6, 6.07) is 5.81. The minimum Gasteiger partial charge on any atom is -0.492 e. The normalized spacial score (nSPS) is 18.0. The summed E-state index contributed by atoms with van der Waals surface area (Å²) in [6.07, 6.45) is 0.248. The Bertz CT molecular complexity index is 394. The van der Waals surface area contributed by atoms with Crippen LogP contribution in [0.5, 0.6) is 11.5 Å². The van der Waals surface area contributed by atoms with Gasteiger partial charge in [-0.05, 0) is 18.6 Å². The maximum atomic E-state index is 5.65. The van der Waals surface area contributed by atoms with E-state index < -0.39 is 0 Å². The second kappa shape index (κ2) is 4.58. The van der Waals surface area contributed by atoms with Crippen LogP contribution in [0.1, 0.15) is 12.5 Å². The van der Waals surface area contributed by atoms with Crippen LogP contribution in [0.4, 0.5) is 0 Å². The van der Waals surface area contributed by atoms with E-state index >= 15 is 0 Å². The maximum absolute atomic E-state index is 5.65. The average molecular weight is 220 g/mol. The highest BCUT2D eigenvalue weighted by Crippen LogP contribution is 2.34. The van der Waals surface area contributed by atoms with E-state index in [9.17, 15) is 0 Å². The fraction of sp³-hybridized carbons (Fsp3) is 0.385. The second-order valence-electron chi connectivity index (χ2n) is 3.88. The summed E-state index contributed by atoms with van der Waals surface area (Å²) in [4.78, 5) is 0. The van der Waals surface area contributed by atoms with Crippen molar-refractivity contribution < 1.29 is 14.2 Å². The van der Waals surface area contributed by atoms with Crippen molar-refractivity contribution in [2.75, 3.05) is 20.3 Å². The molecule has 0 spiro atoms. The zero-order valence-electron chi connectivity index (χ0n) is 9.66. The summed E-state index contributed by atoms with van der Waals surface area (Å²) in [5.74, 6) is 1.49. The molecule has 0 radical (unpaired) electrons. The molecule has 1 heterocycles. The van der Waals surface area contributed by atoms with Gasteiger partial charge in [-0.25, -0.2) is 0 Å². The molecule has 0 aliphatic carbocycles. The first kappa shape index (κ1) is 11.0. The van der Waals surface area contributed by atoms with Crippen molar-refractivity contribution in [2.45, 2.75) is 13.0 Å². The SMILES string of the molecule is C=C(C)c1cccc(OCC2CO2)c1OC. The maximum Gasteiger partial charge on any atom is 0.168 e. The molecule has 1 aromatic rings. The minimum atomic E-state index is 0.248. The number of benzene rings is 1. The topological polar surface area (TPSA) is 31.0 Å². The van der Waals surface area contributed by atoms with Crippen molar-refractivity contribution in [1.29, 1.82) is 0 Å². The Balaban J connectivity index is 2.20. The van der Waals surface area contributed by atoms with Gasteiger partial charge in [0.05, 0.1) is 13.7 Å². The zero-order valence-corrected chi connectivity index (χ0v) is 9.66. The highest BCUT2D eigenvalue weighted by atomic mass is 16.6. The first-order valence-corrected chi connectivity index (χ1v) is 5.29. The van der Waals surface area contributed by atoms with Crippen LogP contribution in [-0.4, -0.2) is 26.4 Å².